The van der Waals surface area contributed by atoms with Gasteiger partial charge in [-0.2, -0.15) is 28.8 Å². The van der Waals surface area contributed by atoms with E-state index >= 15 is 0 Å². The summed E-state index contributed by atoms with van der Waals surface area (Å²) >= 11 is 2.69. The van der Waals surface area contributed by atoms with Gasteiger partial charge in [-0.15, -0.1) is 0 Å². The van der Waals surface area contributed by atoms with Gasteiger partial charge in [0, 0.05) is 126 Å². The fourth-order valence-electron chi connectivity index (χ4n) is 11.0. The highest BCUT2D eigenvalue weighted by atomic mass is 32.2. The molecule has 4 heterocycles. The number of carboxylic acids is 1. The zero-order valence-corrected chi connectivity index (χ0v) is 54.3. The number of nitrogens with one attached hydrogen (secondary N) is 4. The number of pyridine rings is 1. The van der Waals surface area contributed by atoms with Crippen molar-refractivity contribution in [2.45, 2.75) is 89.1 Å². The molecule has 2 aromatic carbocycles. The number of aryl methyl sites for hydroxylation is 2. The molecule has 26 nitrogen and oxygen atoms in total. The Hall–Kier alpha value is -7.20. The molecule has 6 amide bonds. The largest absolute Gasteiger partial charge is 0.494 e. The molecule has 1 aromatic heterocycles. The van der Waals surface area contributed by atoms with Crippen LogP contribution in [0.15, 0.2) is 54.7 Å². The Morgan fingerprint density at radius 2 is 1.43 bits per heavy atom. The van der Waals surface area contributed by atoms with Crippen LogP contribution < -0.4 is 26.0 Å². The number of ether oxygens (including phenoxy) is 3. The summed E-state index contributed by atoms with van der Waals surface area (Å²) in [4.78, 5) is 128. The van der Waals surface area contributed by atoms with E-state index in [4.69, 9.17) is 14.2 Å². The van der Waals surface area contributed by atoms with Crippen molar-refractivity contribution in [3.8, 4) is 11.8 Å². The predicted molar refractivity (Wildman–Crippen MR) is 344 cm³/mol. The first kappa shape index (κ1) is 73.8. The van der Waals surface area contributed by atoms with Gasteiger partial charge in [-0.1, -0.05) is 29.8 Å². The lowest BCUT2D eigenvalue weighted by atomic mass is 9.92. The maximum atomic E-state index is 14.6. The summed E-state index contributed by atoms with van der Waals surface area (Å²) in [6.45, 7) is 7.55. The number of rotatable bonds is 35. The third-order valence-corrected chi connectivity index (χ3v) is 18.3. The van der Waals surface area contributed by atoms with Crippen molar-refractivity contribution in [3.63, 3.8) is 0 Å². The molecule has 3 aliphatic rings. The first-order valence-electron chi connectivity index (χ1n) is 31.2. The van der Waals surface area contributed by atoms with Gasteiger partial charge >= 0.3 is 5.97 Å². The monoisotopic (exact) mass is 1320 g/mol. The number of nitrogens with zero attached hydrogens (tertiary/aromatic N) is 8. The molecular formula is C63H89FN12O14S2. The van der Waals surface area contributed by atoms with Crippen LogP contribution in [0.4, 0.5) is 4.39 Å². The minimum atomic E-state index is -1.68. The van der Waals surface area contributed by atoms with Gasteiger partial charge in [-0.25, -0.2) is 4.39 Å². The highest BCUT2D eigenvalue weighted by Crippen LogP contribution is 2.30. The van der Waals surface area contributed by atoms with Gasteiger partial charge in [-0.05, 0) is 88.1 Å². The number of alkyl halides is 1. The Morgan fingerprint density at radius 3 is 2.08 bits per heavy atom. The van der Waals surface area contributed by atoms with E-state index in [1.54, 1.807) is 28.0 Å². The summed E-state index contributed by atoms with van der Waals surface area (Å²) < 4.78 is 30.7. The number of hydrogen-bond donors (Lipinski definition) is 6. The second-order valence-corrected chi connectivity index (χ2v) is 25.8. The van der Waals surface area contributed by atoms with E-state index in [-0.39, 0.29) is 88.0 Å². The molecular weight excluding hydrogens is 1230 g/mol. The molecule has 3 fully saturated rings. The first-order chi connectivity index (χ1) is 44.3. The first-order valence-corrected chi connectivity index (χ1v) is 33.6. The number of benzene rings is 2. The molecule has 3 aliphatic heterocycles. The quantitative estimate of drug-likeness (QED) is 0.0360. The predicted octanol–water partition coefficient (Wildman–Crippen LogP) is 1.66. The minimum absolute atomic E-state index is 0.0132. The number of aliphatic carboxylic acids is 1. The van der Waals surface area contributed by atoms with E-state index < -0.39 is 60.0 Å². The van der Waals surface area contributed by atoms with Crippen molar-refractivity contribution in [3.05, 3.63) is 71.4 Å². The normalized spacial score (nSPS) is 18.9. The van der Waals surface area contributed by atoms with Crippen LogP contribution in [-0.4, -0.2) is 271 Å². The van der Waals surface area contributed by atoms with Gasteiger partial charge < -0.3 is 55.5 Å². The molecule has 4 atom stereocenters. The van der Waals surface area contributed by atoms with Crippen LogP contribution >= 0.6 is 23.5 Å². The van der Waals surface area contributed by atoms with Crippen molar-refractivity contribution in [1.82, 2.24) is 55.7 Å². The number of amides is 6. The number of aromatic nitrogens is 1. The molecule has 3 saturated heterocycles. The lowest BCUT2D eigenvalue weighted by molar-refractivity contribution is -0.140. The van der Waals surface area contributed by atoms with Gasteiger partial charge in [0.05, 0.1) is 49.9 Å². The Labute approximate surface area is 545 Å². The molecule has 3 aromatic rings. The van der Waals surface area contributed by atoms with Crippen molar-refractivity contribution < 1.29 is 72.0 Å². The van der Waals surface area contributed by atoms with Crippen molar-refractivity contribution in [2.24, 2.45) is 5.92 Å². The fraction of sp³-hybridized carbons (Fsp3) is 0.603. The number of halogens is 1. The molecule has 29 heteroatoms. The zero-order valence-electron chi connectivity index (χ0n) is 52.6. The summed E-state index contributed by atoms with van der Waals surface area (Å²) in [5, 5.41) is 41.9. The SMILES string of the molecule is Cc1ccc(CCCC(=O)NCCSCC(NC(=O)CN2CCN(COC=O)CCN(COC=O)CCN(CC(=O)O)CC2)C(=O)NCCSC[C@@H](O)C(=O)N2CCC(CCCOc3ccc4nccc(C(=O)NCC(=O)N5CC(C)(F)C[C@@H]5C#N)c4c3)CC2)cc1. The molecule has 6 N–H and O–H groups in total. The van der Waals surface area contributed by atoms with Crippen LogP contribution in [0.25, 0.3) is 10.9 Å². The Bertz CT molecular complexity index is 2940. The molecule has 0 aliphatic carbocycles. The highest BCUT2D eigenvalue weighted by Gasteiger charge is 2.43. The molecule has 0 bridgehead atoms. The molecule has 92 heavy (non-hydrogen) atoms. The van der Waals surface area contributed by atoms with E-state index in [0.717, 1.165) is 42.6 Å². The van der Waals surface area contributed by atoms with E-state index in [2.05, 4.69) is 38.4 Å². The standard InChI is InChI=1S/C63H89FN12O14S2/c1-46-8-10-47(11-9-46)5-3-7-56(80)67-18-31-91-39-54(70-57(81)37-71-22-23-72(38-59(83)84)25-27-74(43-89-45-78)29-28-73(26-24-71)42-88-44-77)61(86)68-19-32-92-40-55(79)62(87)75-20-15-48(16-21-75)6-4-30-90-50-12-13-53-52(33-50)51(14-17-66-53)60(85)69-36-58(82)76-41-63(2,64)34-49(76)35-65/h8-14,17,33,44-45,48-49,54-55,79H,3-7,15-16,18-32,34,36-43H2,1-2H3,(H,67,80)(H,68,86)(H,69,85)(H,70,81)(H,83,84)/t49-,54?,55-,63?/m1/s1. The number of fused-ring (bicyclic) bond motifs is 1. The molecule has 6 rings (SSSR count). The van der Waals surface area contributed by atoms with Crippen molar-refractivity contribution in [2.75, 3.05) is 148 Å². The maximum Gasteiger partial charge on any atom is 0.317 e. The number of carbonyl (C=O) groups excluding carboxylic acids is 8. The maximum absolute atomic E-state index is 14.6. The molecule has 2 unspecified atom stereocenters. The number of thioether (sulfide) groups is 2. The minimum Gasteiger partial charge on any atom is -0.494 e. The Morgan fingerprint density at radius 1 is 0.804 bits per heavy atom. The van der Waals surface area contributed by atoms with Crippen molar-refractivity contribution in [1.29, 1.82) is 5.26 Å². The second-order valence-electron chi connectivity index (χ2n) is 23.5. The molecule has 0 radical (unpaired) electrons. The van der Waals surface area contributed by atoms with Gasteiger partial charge in [-0.3, -0.25) is 67.7 Å². The summed E-state index contributed by atoms with van der Waals surface area (Å²) in [5.41, 5.74) is 1.46. The Kier molecular flexibility index (Phi) is 31.6. The number of hydrogen-bond acceptors (Lipinski definition) is 21. The number of nitriles is 1. The van der Waals surface area contributed by atoms with Gasteiger partial charge in [0.1, 0.15) is 43.1 Å². The summed E-state index contributed by atoms with van der Waals surface area (Å²) in [6, 6.07) is 15.0. The zero-order chi connectivity index (χ0) is 66.3. The van der Waals surface area contributed by atoms with E-state index in [0.29, 0.717) is 125 Å². The number of aliphatic hydroxyl groups is 1. The number of carbonyl (C=O) groups is 9. The van der Waals surface area contributed by atoms with Crippen LogP contribution in [-0.2, 0) is 54.3 Å². The number of likely N-dealkylation sites (tertiary alicyclic amines) is 2. The van der Waals surface area contributed by atoms with Crippen LogP contribution in [0.5, 0.6) is 5.75 Å². The summed E-state index contributed by atoms with van der Waals surface area (Å²) in [5.74, 6) is -1.49. The third kappa shape index (κ3) is 26.1. The van der Waals surface area contributed by atoms with Crippen LogP contribution in [0, 0.1) is 24.2 Å². The average Bonchev–Trinajstić information content (AvgIpc) is 1.34. The summed E-state index contributed by atoms with van der Waals surface area (Å²) in [7, 11) is 0. The van der Waals surface area contributed by atoms with Gasteiger partial charge in [0.15, 0.2) is 0 Å². The van der Waals surface area contributed by atoms with E-state index in [1.807, 2.05) is 39.8 Å². The third-order valence-electron chi connectivity index (χ3n) is 16.2. The number of carboxylic acid groups (broad SMARTS) is 1. The van der Waals surface area contributed by atoms with Gasteiger partial charge in [0.2, 0.25) is 23.6 Å². The summed E-state index contributed by atoms with van der Waals surface area (Å²) in [6.07, 6.45) is 5.05. The van der Waals surface area contributed by atoms with E-state index in [1.165, 1.54) is 48.3 Å². The topological polar surface area (TPSA) is 326 Å². The molecule has 0 spiro atoms. The van der Waals surface area contributed by atoms with Crippen LogP contribution in [0.1, 0.15) is 73.4 Å². The smallest absolute Gasteiger partial charge is 0.317 e. The highest BCUT2D eigenvalue weighted by molar-refractivity contribution is 7.99. The van der Waals surface area contributed by atoms with Gasteiger partial charge in [0.25, 0.3) is 24.8 Å². The lowest BCUT2D eigenvalue weighted by Gasteiger charge is -2.33. The second kappa shape index (κ2) is 39.4. The number of aliphatic hydroxyl groups excluding tert-OH is 1. The van der Waals surface area contributed by atoms with E-state index in [9.17, 15) is 63.0 Å². The molecule has 504 valence electrons. The Balaban J connectivity index is 0.932. The lowest BCUT2D eigenvalue weighted by Crippen LogP contribution is -2.53. The fourth-order valence-corrected chi connectivity index (χ4v) is 12.7. The van der Waals surface area contributed by atoms with Crippen LogP contribution in [0.2, 0.25) is 0 Å². The average molecular weight is 1320 g/mol. The number of piperidine rings is 1. The van der Waals surface area contributed by atoms with Crippen LogP contribution in [0.3, 0.4) is 0 Å². The van der Waals surface area contributed by atoms with Crippen molar-refractivity contribution >= 4 is 88.8 Å². The molecule has 0 saturated carbocycles.